The Morgan fingerprint density at radius 2 is 2.13 bits per heavy atom. The minimum absolute atomic E-state index is 0.0273. The van der Waals surface area contributed by atoms with Crippen molar-refractivity contribution in [2.24, 2.45) is 5.92 Å². The highest BCUT2D eigenvalue weighted by Gasteiger charge is 2.47. The van der Waals surface area contributed by atoms with Gasteiger partial charge in [-0.3, -0.25) is 4.79 Å². The summed E-state index contributed by atoms with van der Waals surface area (Å²) in [6.45, 7) is 7.07. The summed E-state index contributed by atoms with van der Waals surface area (Å²) in [6.07, 6.45) is 4.00. The summed E-state index contributed by atoms with van der Waals surface area (Å²) in [6, 6.07) is 0. The predicted octanol–water partition coefficient (Wildman–Crippen LogP) is 3.31. The highest BCUT2D eigenvalue weighted by molar-refractivity contribution is 9.11. The van der Waals surface area contributed by atoms with E-state index < -0.39 is 8.07 Å². The van der Waals surface area contributed by atoms with Crippen molar-refractivity contribution in [1.29, 1.82) is 0 Å². The number of allylic oxidation sites excluding steroid dienone is 1. The van der Waals surface area contributed by atoms with Crippen molar-refractivity contribution in [3.63, 3.8) is 0 Å². The third-order valence-corrected chi connectivity index (χ3v) is 7.18. The normalized spacial score (nSPS) is 35.9. The molecule has 0 bridgehead atoms. The van der Waals surface area contributed by atoms with Crippen LogP contribution in [0.2, 0.25) is 25.2 Å². The van der Waals surface area contributed by atoms with Crippen LogP contribution in [0.5, 0.6) is 0 Å². The summed E-state index contributed by atoms with van der Waals surface area (Å²) in [5, 5.41) is 0. The summed E-state index contributed by atoms with van der Waals surface area (Å²) in [5.41, 5.74) is 0.579. The van der Waals surface area contributed by atoms with Gasteiger partial charge in [-0.2, -0.15) is 0 Å². The smallest absolute Gasteiger partial charge is 0.306 e. The second-order valence-electron chi connectivity index (χ2n) is 5.56. The third kappa shape index (κ3) is 2.06. The molecule has 15 heavy (non-hydrogen) atoms. The first-order chi connectivity index (χ1) is 6.89. The van der Waals surface area contributed by atoms with Gasteiger partial charge in [-0.15, -0.1) is 0 Å². The van der Waals surface area contributed by atoms with Crippen molar-refractivity contribution < 1.29 is 9.53 Å². The Hall–Kier alpha value is -0.0931. The number of fused-ring (bicyclic) bond motifs is 1. The van der Waals surface area contributed by atoms with Gasteiger partial charge in [-0.25, -0.2) is 0 Å². The molecule has 0 spiro atoms. The molecule has 0 amide bonds. The Balaban J connectivity index is 2.28. The van der Waals surface area contributed by atoms with Crippen LogP contribution < -0.4 is 0 Å². The molecule has 0 radical (unpaired) electrons. The summed E-state index contributed by atoms with van der Waals surface area (Å²) in [5.74, 6) is 0.267. The maximum Gasteiger partial charge on any atom is 0.306 e. The Morgan fingerprint density at radius 1 is 1.47 bits per heavy atom. The van der Waals surface area contributed by atoms with Gasteiger partial charge in [0.25, 0.3) is 0 Å². The van der Waals surface area contributed by atoms with Gasteiger partial charge >= 0.3 is 5.97 Å². The zero-order valence-corrected chi connectivity index (χ0v) is 12.0. The molecule has 0 unspecified atom stereocenters. The van der Waals surface area contributed by atoms with Crippen molar-refractivity contribution in [1.82, 2.24) is 0 Å². The second kappa shape index (κ2) is 3.73. The predicted molar refractivity (Wildman–Crippen MR) is 66.7 cm³/mol. The fourth-order valence-electron chi connectivity index (χ4n) is 2.57. The maximum atomic E-state index is 11.4. The third-order valence-electron chi connectivity index (χ3n) is 3.48. The number of hydrogen-bond acceptors (Lipinski definition) is 2. The Kier molecular flexibility index (Phi) is 2.84. The van der Waals surface area contributed by atoms with Crippen molar-refractivity contribution in [3.8, 4) is 0 Å². The van der Waals surface area contributed by atoms with E-state index in [-0.39, 0.29) is 12.1 Å². The van der Waals surface area contributed by atoms with E-state index in [9.17, 15) is 4.79 Å². The molecule has 0 saturated carbocycles. The van der Waals surface area contributed by atoms with Crippen LogP contribution in [0.3, 0.4) is 0 Å². The highest BCUT2D eigenvalue weighted by Crippen LogP contribution is 2.47. The topological polar surface area (TPSA) is 26.3 Å². The fraction of sp³-hybridized carbons (Fsp3) is 0.727. The number of ether oxygens (including phenoxy) is 1. The lowest BCUT2D eigenvalue weighted by atomic mass is 9.92. The number of carbonyl (C=O) groups is 1. The van der Waals surface area contributed by atoms with Gasteiger partial charge in [-0.05, 0) is 16.4 Å². The van der Waals surface area contributed by atoms with E-state index in [1.165, 1.54) is 4.48 Å². The highest BCUT2D eigenvalue weighted by atomic mass is 79.9. The molecule has 2 aliphatic rings. The van der Waals surface area contributed by atoms with Crippen LogP contribution in [0.15, 0.2) is 10.6 Å². The zero-order valence-electron chi connectivity index (χ0n) is 9.42. The second-order valence-corrected chi connectivity index (χ2v) is 12.0. The van der Waals surface area contributed by atoms with Gasteiger partial charge in [0.05, 0.1) is 14.5 Å². The summed E-state index contributed by atoms with van der Waals surface area (Å²) in [7, 11) is -1.24. The SMILES string of the molecule is C[Si](C)(C)[C@H]1CC=C(Br)[C@H]2CC(=O)O[C@H]21. The Morgan fingerprint density at radius 3 is 2.73 bits per heavy atom. The van der Waals surface area contributed by atoms with Crippen LogP contribution in [0.1, 0.15) is 12.8 Å². The molecule has 0 N–H and O–H groups in total. The molecule has 84 valence electrons. The monoisotopic (exact) mass is 288 g/mol. The lowest BCUT2D eigenvalue weighted by Gasteiger charge is -2.37. The maximum absolute atomic E-state index is 11.4. The van der Waals surface area contributed by atoms with Crippen LogP contribution in [-0.4, -0.2) is 20.1 Å². The molecule has 0 aromatic heterocycles. The molecule has 2 nitrogen and oxygen atoms in total. The van der Waals surface area contributed by atoms with Gasteiger partial charge in [0.15, 0.2) is 0 Å². The number of esters is 1. The molecule has 0 aromatic carbocycles. The quantitative estimate of drug-likeness (QED) is 0.547. The summed E-state index contributed by atoms with van der Waals surface area (Å²) in [4.78, 5) is 11.4. The first-order valence-electron chi connectivity index (χ1n) is 5.44. The van der Waals surface area contributed by atoms with Crippen LogP contribution in [0.4, 0.5) is 0 Å². The average Bonchev–Trinajstić information content (AvgIpc) is 2.45. The van der Waals surface area contributed by atoms with E-state index in [4.69, 9.17) is 4.74 Å². The molecule has 1 saturated heterocycles. The van der Waals surface area contributed by atoms with E-state index in [0.717, 1.165) is 6.42 Å². The molecule has 1 fully saturated rings. The van der Waals surface area contributed by atoms with E-state index in [1.54, 1.807) is 0 Å². The van der Waals surface area contributed by atoms with Crippen molar-refractivity contribution in [2.75, 3.05) is 0 Å². The Bertz CT molecular complexity index is 319. The van der Waals surface area contributed by atoms with Gasteiger partial charge in [-0.1, -0.05) is 41.6 Å². The lowest BCUT2D eigenvalue weighted by Crippen LogP contribution is -2.40. The van der Waals surface area contributed by atoms with Gasteiger partial charge in [0.1, 0.15) is 6.10 Å². The number of hydrogen-bond donors (Lipinski definition) is 0. The number of halogens is 1. The van der Waals surface area contributed by atoms with E-state index in [0.29, 0.717) is 17.9 Å². The first-order valence-corrected chi connectivity index (χ1v) is 9.81. The van der Waals surface area contributed by atoms with Crippen LogP contribution in [0.25, 0.3) is 0 Å². The van der Waals surface area contributed by atoms with Crippen LogP contribution in [0, 0.1) is 5.92 Å². The number of carbonyl (C=O) groups excluding carboxylic acids is 1. The lowest BCUT2D eigenvalue weighted by molar-refractivity contribution is -0.141. The molecule has 1 heterocycles. The van der Waals surface area contributed by atoms with E-state index >= 15 is 0 Å². The van der Waals surface area contributed by atoms with Gasteiger partial charge < -0.3 is 4.74 Å². The van der Waals surface area contributed by atoms with Gasteiger partial charge in [0.2, 0.25) is 0 Å². The van der Waals surface area contributed by atoms with Crippen molar-refractivity contribution >= 4 is 30.0 Å². The fourth-order valence-corrected chi connectivity index (χ4v) is 5.29. The average molecular weight is 289 g/mol. The molecule has 3 atom stereocenters. The van der Waals surface area contributed by atoms with Crippen LogP contribution in [-0.2, 0) is 9.53 Å². The molecule has 0 aromatic rings. The minimum atomic E-state index is -1.24. The molecule has 4 heteroatoms. The molecular weight excluding hydrogens is 272 g/mol. The van der Waals surface area contributed by atoms with Crippen molar-refractivity contribution in [2.45, 2.75) is 44.1 Å². The minimum Gasteiger partial charge on any atom is -0.462 e. The van der Waals surface area contributed by atoms with E-state index in [1.807, 2.05) is 0 Å². The molecule has 1 aliphatic heterocycles. The van der Waals surface area contributed by atoms with Crippen LogP contribution >= 0.6 is 15.9 Å². The van der Waals surface area contributed by atoms with E-state index in [2.05, 4.69) is 41.6 Å². The van der Waals surface area contributed by atoms with Gasteiger partial charge in [0, 0.05) is 5.92 Å². The summed E-state index contributed by atoms with van der Waals surface area (Å²) < 4.78 is 6.67. The summed E-state index contributed by atoms with van der Waals surface area (Å²) >= 11 is 3.56. The first kappa shape index (κ1) is 11.4. The number of rotatable bonds is 1. The zero-order chi connectivity index (χ0) is 11.2. The standard InChI is InChI=1S/C11H17BrO2Si/c1-15(2,3)9-5-4-8(12)7-6-10(13)14-11(7)9/h4,7,9,11H,5-6H2,1-3H3/t7-,9+,11-/m1/s1. The Labute approximate surface area is 100 Å². The molecule has 1 aliphatic carbocycles. The molecular formula is C11H17BrO2Si. The largest absolute Gasteiger partial charge is 0.462 e. The van der Waals surface area contributed by atoms with Crippen molar-refractivity contribution in [3.05, 3.63) is 10.6 Å². The molecule has 2 rings (SSSR count).